The standard InChI is InChI=1S/C35H24N2S/c1-23-33(25-14-7-3-8-15-25)36-35(37-34(23)26-16-9-4-10-17-26)27-20-21-29-31(22-27)38-30-19-11-18-28(32(29)30)24-12-5-2-6-13-24/h2-22H,1H3. The molecule has 38 heavy (non-hydrogen) atoms. The Kier molecular flexibility index (Phi) is 5.57. The summed E-state index contributed by atoms with van der Waals surface area (Å²) in [4.78, 5) is 10.2. The third kappa shape index (κ3) is 3.89. The van der Waals surface area contributed by atoms with Crippen LogP contribution >= 0.6 is 11.3 Å². The van der Waals surface area contributed by atoms with Gasteiger partial charge < -0.3 is 0 Å². The number of hydrogen-bond acceptors (Lipinski definition) is 3. The molecule has 0 saturated heterocycles. The monoisotopic (exact) mass is 504 g/mol. The van der Waals surface area contributed by atoms with Gasteiger partial charge in [-0.05, 0) is 30.2 Å². The van der Waals surface area contributed by atoms with Gasteiger partial charge >= 0.3 is 0 Å². The smallest absolute Gasteiger partial charge is 0.160 e. The summed E-state index contributed by atoms with van der Waals surface area (Å²) in [7, 11) is 0. The van der Waals surface area contributed by atoms with Crippen LogP contribution in [-0.4, -0.2) is 9.97 Å². The molecule has 0 bridgehead atoms. The Bertz CT molecular complexity index is 1850. The van der Waals surface area contributed by atoms with E-state index >= 15 is 0 Å². The highest BCUT2D eigenvalue weighted by Crippen LogP contribution is 2.41. The molecule has 0 spiro atoms. The minimum atomic E-state index is 0.746. The average Bonchev–Trinajstić information content (AvgIpc) is 3.37. The van der Waals surface area contributed by atoms with E-state index in [0.717, 1.165) is 39.5 Å². The molecule has 5 aromatic carbocycles. The molecule has 0 radical (unpaired) electrons. The number of hydrogen-bond donors (Lipinski definition) is 0. The minimum absolute atomic E-state index is 0.746. The van der Waals surface area contributed by atoms with Crippen molar-refractivity contribution in [3.8, 4) is 45.0 Å². The molecule has 0 aliphatic rings. The van der Waals surface area contributed by atoms with E-state index in [1.807, 2.05) is 23.5 Å². The van der Waals surface area contributed by atoms with Crippen LogP contribution in [0.1, 0.15) is 5.56 Å². The van der Waals surface area contributed by atoms with Gasteiger partial charge in [-0.3, -0.25) is 0 Å². The lowest BCUT2D eigenvalue weighted by molar-refractivity contribution is 1.15. The fraction of sp³-hybridized carbons (Fsp3) is 0.0286. The first-order valence-corrected chi connectivity index (χ1v) is 13.6. The first-order chi connectivity index (χ1) is 18.8. The largest absolute Gasteiger partial charge is 0.228 e. The van der Waals surface area contributed by atoms with Crippen molar-refractivity contribution in [2.45, 2.75) is 6.92 Å². The van der Waals surface area contributed by atoms with Gasteiger partial charge in [-0.25, -0.2) is 9.97 Å². The maximum atomic E-state index is 5.12. The van der Waals surface area contributed by atoms with Gasteiger partial charge in [0.15, 0.2) is 5.82 Å². The van der Waals surface area contributed by atoms with Gasteiger partial charge in [-0.2, -0.15) is 0 Å². The van der Waals surface area contributed by atoms with Crippen LogP contribution in [0.15, 0.2) is 127 Å². The number of aromatic nitrogens is 2. The summed E-state index contributed by atoms with van der Waals surface area (Å²) in [5.74, 6) is 0.746. The molecule has 0 aliphatic heterocycles. The normalized spacial score (nSPS) is 11.3. The first kappa shape index (κ1) is 22.6. The quantitative estimate of drug-likeness (QED) is 0.238. The second-order valence-electron chi connectivity index (χ2n) is 9.46. The molecule has 7 rings (SSSR count). The van der Waals surface area contributed by atoms with Crippen molar-refractivity contribution in [1.82, 2.24) is 9.97 Å². The number of benzene rings is 5. The predicted molar refractivity (Wildman–Crippen MR) is 161 cm³/mol. The van der Waals surface area contributed by atoms with Crippen LogP contribution in [0.5, 0.6) is 0 Å². The van der Waals surface area contributed by atoms with Crippen molar-refractivity contribution >= 4 is 31.5 Å². The topological polar surface area (TPSA) is 25.8 Å². The Labute approximate surface area is 225 Å². The molecular formula is C35H24N2S. The van der Waals surface area contributed by atoms with E-state index < -0.39 is 0 Å². The molecule has 0 amide bonds. The van der Waals surface area contributed by atoms with Gasteiger partial charge in [0.1, 0.15) is 0 Å². The van der Waals surface area contributed by atoms with Crippen LogP contribution in [0.2, 0.25) is 0 Å². The van der Waals surface area contributed by atoms with Crippen molar-refractivity contribution in [2.24, 2.45) is 0 Å². The van der Waals surface area contributed by atoms with Crippen molar-refractivity contribution in [3.05, 3.63) is 133 Å². The van der Waals surface area contributed by atoms with E-state index in [1.54, 1.807) is 0 Å². The Morgan fingerprint density at radius 2 is 1.08 bits per heavy atom. The summed E-state index contributed by atoms with van der Waals surface area (Å²) >= 11 is 1.83. The van der Waals surface area contributed by atoms with Gasteiger partial charge in [0.05, 0.1) is 11.4 Å². The second-order valence-corrected chi connectivity index (χ2v) is 10.5. The number of rotatable bonds is 4. The zero-order chi connectivity index (χ0) is 25.5. The van der Waals surface area contributed by atoms with Gasteiger partial charge in [0.25, 0.3) is 0 Å². The van der Waals surface area contributed by atoms with Crippen LogP contribution in [0, 0.1) is 6.92 Å². The molecular weight excluding hydrogens is 480 g/mol. The highest BCUT2D eigenvalue weighted by atomic mass is 32.1. The van der Waals surface area contributed by atoms with Crippen LogP contribution in [0.4, 0.5) is 0 Å². The molecule has 0 aliphatic carbocycles. The van der Waals surface area contributed by atoms with Crippen LogP contribution in [0.25, 0.3) is 65.2 Å². The Morgan fingerprint density at radius 3 is 1.68 bits per heavy atom. The van der Waals surface area contributed by atoms with Gasteiger partial charge in [0, 0.05) is 42.4 Å². The molecule has 7 aromatic rings. The Morgan fingerprint density at radius 1 is 0.500 bits per heavy atom. The fourth-order valence-corrected chi connectivity index (χ4v) is 6.39. The van der Waals surface area contributed by atoms with E-state index in [-0.39, 0.29) is 0 Å². The van der Waals surface area contributed by atoms with E-state index in [2.05, 4.69) is 122 Å². The molecule has 0 N–H and O–H groups in total. The molecule has 2 heterocycles. The highest BCUT2D eigenvalue weighted by molar-refractivity contribution is 7.26. The minimum Gasteiger partial charge on any atom is -0.228 e. The summed E-state index contributed by atoms with van der Waals surface area (Å²) in [5.41, 5.74) is 8.76. The van der Waals surface area contributed by atoms with Crippen molar-refractivity contribution < 1.29 is 0 Å². The Hall–Kier alpha value is -4.60. The number of fused-ring (bicyclic) bond motifs is 3. The molecule has 0 atom stereocenters. The van der Waals surface area contributed by atoms with Crippen molar-refractivity contribution in [3.63, 3.8) is 0 Å². The zero-order valence-electron chi connectivity index (χ0n) is 20.9. The average molecular weight is 505 g/mol. The lowest BCUT2D eigenvalue weighted by atomic mass is 9.98. The van der Waals surface area contributed by atoms with Gasteiger partial charge in [-0.15, -0.1) is 11.3 Å². The van der Waals surface area contributed by atoms with Crippen molar-refractivity contribution in [1.29, 1.82) is 0 Å². The summed E-state index contributed by atoms with van der Waals surface area (Å²) in [6, 6.07) is 44.7. The number of thiophene rings is 1. The maximum absolute atomic E-state index is 5.12. The Balaban J connectivity index is 1.44. The third-order valence-corrected chi connectivity index (χ3v) is 8.20. The highest BCUT2D eigenvalue weighted by Gasteiger charge is 2.17. The predicted octanol–water partition coefficient (Wildman–Crippen LogP) is 9.82. The molecule has 2 aromatic heterocycles. The first-order valence-electron chi connectivity index (χ1n) is 12.8. The van der Waals surface area contributed by atoms with Crippen LogP contribution in [0.3, 0.4) is 0 Å². The molecule has 3 heteroatoms. The lowest BCUT2D eigenvalue weighted by Gasteiger charge is -2.13. The van der Waals surface area contributed by atoms with Crippen molar-refractivity contribution in [2.75, 3.05) is 0 Å². The maximum Gasteiger partial charge on any atom is 0.160 e. The number of nitrogens with zero attached hydrogens (tertiary/aromatic N) is 2. The molecule has 2 nitrogen and oxygen atoms in total. The molecule has 0 fully saturated rings. The van der Waals surface area contributed by atoms with E-state index in [4.69, 9.17) is 9.97 Å². The zero-order valence-corrected chi connectivity index (χ0v) is 21.7. The molecule has 0 saturated carbocycles. The molecule has 180 valence electrons. The summed E-state index contributed by atoms with van der Waals surface area (Å²) in [6.07, 6.45) is 0. The summed E-state index contributed by atoms with van der Waals surface area (Å²) in [6.45, 7) is 2.12. The van der Waals surface area contributed by atoms with Crippen LogP contribution < -0.4 is 0 Å². The van der Waals surface area contributed by atoms with Crippen LogP contribution in [-0.2, 0) is 0 Å². The fourth-order valence-electron chi connectivity index (χ4n) is 5.22. The van der Waals surface area contributed by atoms with E-state index in [0.29, 0.717) is 0 Å². The van der Waals surface area contributed by atoms with E-state index in [1.165, 1.54) is 31.3 Å². The summed E-state index contributed by atoms with van der Waals surface area (Å²) < 4.78 is 2.53. The second kappa shape index (κ2) is 9.37. The molecule has 0 unspecified atom stereocenters. The lowest BCUT2D eigenvalue weighted by Crippen LogP contribution is -2.00. The summed E-state index contributed by atoms with van der Waals surface area (Å²) in [5, 5.41) is 2.58. The van der Waals surface area contributed by atoms with E-state index in [9.17, 15) is 0 Å². The van der Waals surface area contributed by atoms with Gasteiger partial charge in [-0.1, -0.05) is 115 Å². The third-order valence-electron chi connectivity index (χ3n) is 7.08. The SMILES string of the molecule is Cc1c(-c2ccccc2)nc(-c2ccc3c(c2)sc2cccc(-c4ccccc4)c23)nc1-c1ccccc1. The van der Waals surface area contributed by atoms with Gasteiger partial charge in [0.2, 0.25) is 0 Å².